The zero-order valence-corrected chi connectivity index (χ0v) is 10.9. The van der Waals surface area contributed by atoms with Crippen LogP contribution >= 0.6 is 11.5 Å². The fraction of sp³-hybridized carbons (Fsp3) is 0.727. The third-order valence-corrected chi connectivity index (χ3v) is 2.76. The minimum Gasteiger partial charge on any atom is -0.197 e. The SMILES string of the molecule is CC.CC.CCc1snc(C)c1C. The Hall–Kier alpha value is -0.370. The van der Waals surface area contributed by atoms with Gasteiger partial charge in [-0.1, -0.05) is 34.6 Å². The fourth-order valence-corrected chi connectivity index (χ4v) is 1.59. The highest BCUT2D eigenvalue weighted by atomic mass is 32.1. The summed E-state index contributed by atoms with van der Waals surface area (Å²) in [6, 6.07) is 0. The molecule has 0 unspecified atom stereocenters. The lowest BCUT2D eigenvalue weighted by atomic mass is 10.2. The van der Waals surface area contributed by atoms with E-state index in [0.717, 1.165) is 6.42 Å². The first-order valence-corrected chi connectivity index (χ1v) is 5.94. The smallest absolute Gasteiger partial charge is 0.0543 e. The van der Waals surface area contributed by atoms with E-state index in [1.54, 1.807) is 11.5 Å². The van der Waals surface area contributed by atoms with Crippen molar-refractivity contribution >= 4 is 11.5 Å². The van der Waals surface area contributed by atoms with Gasteiger partial charge < -0.3 is 0 Å². The molecule has 1 aromatic rings. The predicted molar refractivity (Wildman–Crippen MR) is 63.7 cm³/mol. The number of hydrogen-bond acceptors (Lipinski definition) is 2. The third-order valence-electron chi connectivity index (χ3n) is 1.57. The van der Waals surface area contributed by atoms with E-state index in [1.807, 2.05) is 27.7 Å². The molecule has 1 nitrogen and oxygen atoms in total. The maximum absolute atomic E-state index is 4.23. The summed E-state index contributed by atoms with van der Waals surface area (Å²) < 4.78 is 4.23. The van der Waals surface area contributed by atoms with E-state index < -0.39 is 0 Å². The molecule has 0 aliphatic rings. The van der Waals surface area contributed by atoms with Crippen LogP contribution in [0.15, 0.2) is 0 Å². The number of hydrogen-bond donors (Lipinski definition) is 0. The highest BCUT2D eigenvalue weighted by molar-refractivity contribution is 7.06. The minimum absolute atomic E-state index is 1.12. The first kappa shape index (κ1) is 15.1. The van der Waals surface area contributed by atoms with E-state index in [1.165, 1.54) is 16.1 Å². The molecule has 1 heterocycles. The molecule has 78 valence electrons. The molecular weight excluding hydrogens is 178 g/mol. The second-order valence-corrected chi connectivity index (χ2v) is 3.03. The molecule has 0 spiro atoms. The maximum Gasteiger partial charge on any atom is 0.0543 e. The number of aromatic nitrogens is 1. The van der Waals surface area contributed by atoms with Crippen LogP contribution in [0.2, 0.25) is 0 Å². The molecule has 0 bridgehead atoms. The van der Waals surface area contributed by atoms with Crippen LogP contribution in [0.1, 0.15) is 50.8 Å². The fourth-order valence-electron chi connectivity index (χ4n) is 0.792. The molecule has 0 saturated carbocycles. The van der Waals surface area contributed by atoms with Crippen LogP contribution in [0.4, 0.5) is 0 Å². The predicted octanol–water partition coefficient (Wildman–Crippen LogP) is 4.37. The summed E-state index contributed by atoms with van der Waals surface area (Å²) in [4.78, 5) is 1.42. The van der Waals surface area contributed by atoms with Crippen molar-refractivity contribution in [3.63, 3.8) is 0 Å². The number of aryl methyl sites for hydroxylation is 2. The largest absolute Gasteiger partial charge is 0.197 e. The van der Waals surface area contributed by atoms with Crippen LogP contribution in [-0.2, 0) is 6.42 Å². The zero-order chi connectivity index (χ0) is 10.9. The Morgan fingerprint density at radius 2 is 1.54 bits per heavy atom. The summed E-state index contributed by atoms with van der Waals surface area (Å²) in [6.45, 7) is 14.4. The quantitative estimate of drug-likeness (QED) is 0.657. The standard InChI is InChI=1S/C7H11NS.2C2H6/c1-4-7-5(2)6(3)8-9-7;2*1-2/h4H2,1-3H3;2*1-2H3. The molecule has 0 fully saturated rings. The van der Waals surface area contributed by atoms with E-state index in [2.05, 4.69) is 25.1 Å². The Morgan fingerprint density at radius 3 is 1.69 bits per heavy atom. The average molecular weight is 201 g/mol. The van der Waals surface area contributed by atoms with Crippen molar-refractivity contribution in [2.45, 2.75) is 54.9 Å². The lowest BCUT2D eigenvalue weighted by Gasteiger charge is -1.88. The van der Waals surface area contributed by atoms with Gasteiger partial charge in [0.2, 0.25) is 0 Å². The Bertz CT molecular complexity index is 204. The van der Waals surface area contributed by atoms with Crippen LogP contribution in [0.5, 0.6) is 0 Å². The van der Waals surface area contributed by atoms with Gasteiger partial charge in [-0.2, -0.15) is 4.37 Å². The van der Waals surface area contributed by atoms with Gasteiger partial charge in [-0.3, -0.25) is 0 Å². The van der Waals surface area contributed by atoms with Crippen molar-refractivity contribution in [2.75, 3.05) is 0 Å². The van der Waals surface area contributed by atoms with Gasteiger partial charge in [-0.05, 0) is 37.4 Å². The molecule has 0 atom stereocenters. The molecular formula is C11H23NS. The van der Waals surface area contributed by atoms with Crippen LogP contribution < -0.4 is 0 Å². The second-order valence-electron chi connectivity index (χ2n) is 2.17. The zero-order valence-electron chi connectivity index (χ0n) is 10.1. The van der Waals surface area contributed by atoms with Gasteiger partial charge in [0.1, 0.15) is 0 Å². The van der Waals surface area contributed by atoms with Crippen molar-refractivity contribution < 1.29 is 0 Å². The molecule has 0 radical (unpaired) electrons. The maximum atomic E-state index is 4.23. The minimum atomic E-state index is 1.12. The van der Waals surface area contributed by atoms with E-state index >= 15 is 0 Å². The van der Waals surface area contributed by atoms with Gasteiger partial charge >= 0.3 is 0 Å². The van der Waals surface area contributed by atoms with Crippen molar-refractivity contribution in [1.29, 1.82) is 0 Å². The molecule has 0 saturated heterocycles. The summed E-state index contributed by atoms with van der Waals surface area (Å²) in [5.41, 5.74) is 2.57. The van der Waals surface area contributed by atoms with Gasteiger partial charge in [-0.15, -0.1) is 0 Å². The van der Waals surface area contributed by atoms with Crippen molar-refractivity contribution in [1.82, 2.24) is 4.37 Å². The summed E-state index contributed by atoms with van der Waals surface area (Å²) in [5, 5.41) is 0. The lowest BCUT2D eigenvalue weighted by molar-refractivity contribution is 1.14. The number of rotatable bonds is 1. The van der Waals surface area contributed by atoms with Crippen molar-refractivity contribution in [3.05, 3.63) is 16.1 Å². The van der Waals surface area contributed by atoms with E-state index in [0.29, 0.717) is 0 Å². The summed E-state index contributed by atoms with van der Waals surface area (Å²) >= 11 is 1.63. The topological polar surface area (TPSA) is 12.9 Å². The Morgan fingerprint density at radius 1 is 1.08 bits per heavy atom. The van der Waals surface area contributed by atoms with Gasteiger partial charge in [0.25, 0.3) is 0 Å². The molecule has 1 aromatic heterocycles. The summed E-state index contributed by atoms with van der Waals surface area (Å²) in [5.74, 6) is 0. The molecule has 0 amide bonds. The molecule has 0 aliphatic heterocycles. The highest BCUT2D eigenvalue weighted by Gasteiger charge is 2.01. The van der Waals surface area contributed by atoms with E-state index in [-0.39, 0.29) is 0 Å². The Labute approximate surface area is 87.4 Å². The van der Waals surface area contributed by atoms with Crippen LogP contribution in [0.3, 0.4) is 0 Å². The molecule has 1 rings (SSSR count). The molecule has 13 heavy (non-hydrogen) atoms. The second kappa shape index (κ2) is 9.72. The normalized spacial score (nSPS) is 7.92. The highest BCUT2D eigenvalue weighted by Crippen LogP contribution is 2.16. The number of nitrogens with zero attached hydrogens (tertiary/aromatic N) is 1. The van der Waals surface area contributed by atoms with Crippen molar-refractivity contribution in [2.24, 2.45) is 0 Å². The van der Waals surface area contributed by atoms with Gasteiger partial charge in [-0.25, -0.2) is 0 Å². The summed E-state index contributed by atoms with van der Waals surface area (Å²) in [7, 11) is 0. The molecule has 0 aliphatic carbocycles. The van der Waals surface area contributed by atoms with Crippen LogP contribution in [-0.4, -0.2) is 4.37 Å². The third kappa shape index (κ3) is 5.04. The molecule has 2 heteroatoms. The Kier molecular flexibility index (Phi) is 11.3. The van der Waals surface area contributed by atoms with Gasteiger partial charge in [0, 0.05) is 4.88 Å². The first-order chi connectivity index (χ1) is 6.25. The average Bonchev–Trinajstić information content (AvgIpc) is 2.54. The van der Waals surface area contributed by atoms with Gasteiger partial charge in [0.15, 0.2) is 0 Å². The Balaban J connectivity index is 0. The molecule has 0 aromatic carbocycles. The van der Waals surface area contributed by atoms with E-state index in [9.17, 15) is 0 Å². The van der Waals surface area contributed by atoms with Crippen LogP contribution in [0, 0.1) is 13.8 Å². The van der Waals surface area contributed by atoms with Gasteiger partial charge in [0.05, 0.1) is 5.69 Å². The van der Waals surface area contributed by atoms with Crippen molar-refractivity contribution in [3.8, 4) is 0 Å². The first-order valence-electron chi connectivity index (χ1n) is 5.17. The molecule has 0 N–H and O–H groups in total. The lowest BCUT2D eigenvalue weighted by Crippen LogP contribution is -1.78. The van der Waals surface area contributed by atoms with E-state index in [4.69, 9.17) is 0 Å². The monoisotopic (exact) mass is 201 g/mol. The summed E-state index contributed by atoms with van der Waals surface area (Å²) in [6.07, 6.45) is 1.12. The van der Waals surface area contributed by atoms with Crippen LogP contribution in [0.25, 0.3) is 0 Å².